The lowest BCUT2D eigenvalue weighted by Gasteiger charge is -2.21. The second-order valence-electron chi connectivity index (χ2n) is 7.59. The van der Waals surface area contributed by atoms with Crippen LogP contribution in [0.15, 0.2) is 41.1 Å². The molecule has 0 saturated carbocycles. The SMILES string of the molecule is CCCCCCCCCCCCCCN1C=CN(c2ccc(Br)cc2)C1. The Labute approximate surface area is 169 Å². The number of hydrogen-bond donors (Lipinski definition) is 0. The summed E-state index contributed by atoms with van der Waals surface area (Å²) in [7, 11) is 0. The number of hydrogen-bond acceptors (Lipinski definition) is 2. The summed E-state index contributed by atoms with van der Waals surface area (Å²) in [5, 5.41) is 0. The molecule has 0 fully saturated rings. The summed E-state index contributed by atoms with van der Waals surface area (Å²) in [5.41, 5.74) is 1.27. The van der Waals surface area contributed by atoms with Gasteiger partial charge in [-0.3, -0.25) is 0 Å². The Hall–Kier alpha value is -0.960. The molecule has 0 spiro atoms. The number of halogens is 1. The molecule has 146 valence electrons. The van der Waals surface area contributed by atoms with E-state index in [4.69, 9.17) is 0 Å². The molecule has 0 aliphatic carbocycles. The van der Waals surface area contributed by atoms with E-state index in [9.17, 15) is 0 Å². The third kappa shape index (κ3) is 8.62. The van der Waals surface area contributed by atoms with E-state index in [1.54, 1.807) is 0 Å². The van der Waals surface area contributed by atoms with Crippen LogP contribution >= 0.6 is 15.9 Å². The minimum absolute atomic E-state index is 0.986. The highest BCUT2D eigenvalue weighted by molar-refractivity contribution is 9.10. The van der Waals surface area contributed by atoms with Gasteiger partial charge in [-0.05, 0) is 30.7 Å². The van der Waals surface area contributed by atoms with Crippen molar-refractivity contribution >= 4 is 21.6 Å². The zero-order valence-electron chi connectivity index (χ0n) is 16.6. The lowest BCUT2D eigenvalue weighted by atomic mass is 10.1. The maximum atomic E-state index is 3.50. The summed E-state index contributed by atoms with van der Waals surface area (Å²) < 4.78 is 1.14. The molecule has 0 saturated heterocycles. The highest BCUT2D eigenvalue weighted by Crippen LogP contribution is 2.22. The smallest absolute Gasteiger partial charge is 0.0941 e. The molecule has 1 aliphatic heterocycles. The standard InChI is InChI=1S/C23H37BrN2/c1-2-3-4-5-6-7-8-9-10-11-12-13-18-25-19-20-26(21-25)23-16-14-22(24)15-17-23/h14-17,19-20H,2-13,18,21H2,1H3. The topological polar surface area (TPSA) is 6.48 Å². The zero-order valence-corrected chi connectivity index (χ0v) is 18.2. The average molecular weight is 421 g/mol. The van der Waals surface area contributed by atoms with Crippen molar-refractivity contribution in [2.24, 2.45) is 0 Å². The van der Waals surface area contributed by atoms with E-state index in [1.165, 1.54) is 89.3 Å². The molecule has 2 nitrogen and oxygen atoms in total. The van der Waals surface area contributed by atoms with Gasteiger partial charge in [0.1, 0.15) is 0 Å². The minimum Gasteiger partial charge on any atom is -0.358 e. The normalized spacial score (nSPS) is 13.8. The van der Waals surface area contributed by atoms with Crippen LogP contribution < -0.4 is 4.90 Å². The van der Waals surface area contributed by atoms with Crippen LogP contribution in [0.4, 0.5) is 5.69 Å². The van der Waals surface area contributed by atoms with Crippen LogP contribution in [0.1, 0.15) is 84.0 Å². The third-order valence-corrected chi connectivity index (χ3v) is 5.78. The van der Waals surface area contributed by atoms with E-state index in [0.29, 0.717) is 0 Å². The van der Waals surface area contributed by atoms with Gasteiger partial charge in [0.05, 0.1) is 6.67 Å². The average Bonchev–Trinajstić information content (AvgIpc) is 3.12. The Bertz CT molecular complexity index is 497. The zero-order chi connectivity index (χ0) is 18.5. The van der Waals surface area contributed by atoms with Gasteiger partial charge in [-0.25, -0.2) is 0 Å². The van der Waals surface area contributed by atoms with Gasteiger partial charge in [0, 0.05) is 29.1 Å². The molecule has 2 rings (SSSR count). The molecule has 0 bridgehead atoms. The maximum absolute atomic E-state index is 3.50. The predicted molar refractivity (Wildman–Crippen MR) is 118 cm³/mol. The van der Waals surface area contributed by atoms with Gasteiger partial charge in [-0.2, -0.15) is 0 Å². The van der Waals surface area contributed by atoms with Crippen molar-refractivity contribution in [3.8, 4) is 0 Å². The Balaban J connectivity index is 1.41. The van der Waals surface area contributed by atoms with Crippen molar-refractivity contribution in [3.63, 3.8) is 0 Å². The third-order valence-electron chi connectivity index (χ3n) is 5.25. The molecule has 0 atom stereocenters. The van der Waals surface area contributed by atoms with Crippen LogP contribution in [0.5, 0.6) is 0 Å². The van der Waals surface area contributed by atoms with E-state index in [-0.39, 0.29) is 0 Å². The van der Waals surface area contributed by atoms with Crippen molar-refractivity contribution in [3.05, 3.63) is 41.1 Å². The van der Waals surface area contributed by atoms with Crippen molar-refractivity contribution in [1.29, 1.82) is 0 Å². The van der Waals surface area contributed by atoms with Gasteiger partial charge >= 0.3 is 0 Å². The molecule has 3 heteroatoms. The fraction of sp³-hybridized carbons (Fsp3) is 0.652. The Morgan fingerprint density at radius 1 is 0.731 bits per heavy atom. The van der Waals surface area contributed by atoms with Crippen LogP contribution in [-0.4, -0.2) is 18.1 Å². The van der Waals surface area contributed by atoms with E-state index in [0.717, 1.165) is 11.1 Å². The second kappa shape index (κ2) is 13.2. The fourth-order valence-corrected chi connectivity index (χ4v) is 3.83. The summed E-state index contributed by atoms with van der Waals surface area (Å²) in [6.45, 7) is 4.46. The first-order chi connectivity index (χ1) is 12.8. The minimum atomic E-state index is 0.986. The van der Waals surface area contributed by atoms with Crippen LogP contribution in [0, 0.1) is 0 Å². The highest BCUT2D eigenvalue weighted by atomic mass is 79.9. The molecule has 0 unspecified atom stereocenters. The molecule has 0 N–H and O–H groups in total. The monoisotopic (exact) mass is 420 g/mol. The van der Waals surface area contributed by atoms with E-state index >= 15 is 0 Å². The Morgan fingerprint density at radius 3 is 1.85 bits per heavy atom. The molecule has 1 aromatic rings. The number of unbranched alkanes of at least 4 members (excludes halogenated alkanes) is 11. The van der Waals surface area contributed by atoms with Crippen molar-refractivity contribution < 1.29 is 0 Å². The van der Waals surface area contributed by atoms with E-state index in [2.05, 4.69) is 69.3 Å². The van der Waals surface area contributed by atoms with Crippen molar-refractivity contribution in [2.75, 3.05) is 18.1 Å². The summed E-state index contributed by atoms with van der Waals surface area (Å²) in [6.07, 6.45) is 21.4. The van der Waals surface area contributed by atoms with Crippen LogP contribution in [-0.2, 0) is 0 Å². The molecule has 1 heterocycles. The largest absolute Gasteiger partial charge is 0.358 e. The molecular weight excluding hydrogens is 384 g/mol. The lowest BCUT2D eigenvalue weighted by molar-refractivity contribution is 0.388. The fourth-order valence-electron chi connectivity index (χ4n) is 3.57. The van der Waals surface area contributed by atoms with Crippen molar-refractivity contribution in [1.82, 2.24) is 4.90 Å². The number of rotatable bonds is 14. The summed E-state index contributed by atoms with van der Waals surface area (Å²) in [4.78, 5) is 4.74. The van der Waals surface area contributed by atoms with E-state index in [1.807, 2.05) is 0 Å². The number of anilines is 1. The molecule has 26 heavy (non-hydrogen) atoms. The Kier molecular flexibility index (Phi) is 10.9. The van der Waals surface area contributed by atoms with Crippen LogP contribution in [0.25, 0.3) is 0 Å². The first kappa shape index (κ1) is 21.3. The van der Waals surface area contributed by atoms with Gasteiger partial charge < -0.3 is 9.80 Å². The first-order valence-corrected chi connectivity index (χ1v) is 11.5. The van der Waals surface area contributed by atoms with Crippen LogP contribution in [0.3, 0.4) is 0 Å². The quantitative estimate of drug-likeness (QED) is 0.284. The first-order valence-electron chi connectivity index (χ1n) is 10.7. The second-order valence-corrected chi connectivity index (χ2v) is 8.50. The number of nitrogens with zero attached hydrogens (tertiary/aromatic N) is 2. The summed E-state index contributed by atoms with van der Waals surface area (Å²) in [5.74, 6) is 0. The molecule has 1 aromatic carbocycles. The summed E-state index contributed by atoms with van der Waals surface area (Å²) in [6, 6.07) is 8.55. The molecule has 0 aromatic heterocycles. The molecule has 1 aliphatic rings. The van der Waals surface area contributed by atoms with Gasteiger partial charge in [0.25, 0.3) is 0 Å². The van der Waals surface area contributed by atoms with Crippen molar-refractivity contribution in [2.45, 2.75) is 84.0 Å². The number of benzene rings is 1. The molecular formula is C23H37BrN2. The van der Waals surface area contributed by atoms with Gasteiger partial charge in [0.15, 0.2) is 0 Å². The van der Waals surface area contributed by atoms with Gasteiger partial charge in [-0.1, -0.05) is 93.5 Å². The lowest BCUT2D eigenvalue weighted by Crippen LogP contribution is -2.25. The van der Waals surface area contributed by atoms with E-state index < -0.39 is 0 Å². The molecule has 0 radical (unpaired) electrons. The maximum Gasteiger partial charge on any atom is 0.0941 e. The highest BCUT2D eigenvalue weighted by Gasteiger charge is 2.13. The summed E-state index contributed by atoms with van der Waals surface area (Å²) >= 11 is 3.50. The van der Waals surface area contributed by atoms with Gasteiger partial charge in [0.2, 0.25) is 0 Å². The predicted octanol–water partition coefficient (Wildman–Crippen LogP) is 7.70. The Morgan fingerprint density at radius 2 is 1.27 bits per heavy atom. The van der Waals surface area contributed by atoms with Gasteiger partial charge in [-0.15, -0.1) is 0 Å². The van der Waals surface area contributed by atoms with Crippen LogP contribution in [0.2, 0.25) is 0 Å². The molecule has 0 amide bonds.